The normalized spacial score (nSPS) is 15.1. The average Bonchev–Trinajstić information content (AvgIpc) is 3.35. The molecule has 0 spiro atoms. The molecule has 0 saturated heterocycles. The molecule has 2 rings (SSSR count). The number of nitrogens with zero attached hydrogens (tertiary/aromatic N) is 1. The van der Waals surface area contributed by atoms with E-state index in [1.807, 2.05) is 13.8 Å². The quantitative estimate of drug-likeness (QED) is 0.152. The highest BCUT2D eigenvalue weighted by atomic mass is 16.4. The first-order valence-electron chi connectivity index (χ1n) is 12.2. The van der Waals surface area contributed by atoms with E-state index in [9.17, 15) is 34.5 Å². The van der Waals surface area contributed by atoms with Crippen LogP contribution in [0.25, 0.3) is 0 Å². The lowest BCUT2D eigenvalue weighted by Gasteiger charge is -2.26. The van der Waals surface area contributed by atoms with Crippen molar-refractivity contribution in [2.75, 3.05) is 0 Å². The number of phenolic OH excluding ortho intramolecular Hbond substituents is 1. The zero-order chi connectivity index (χ0) is 28.4. The molecule has 5 atom stereocenters. The zero-order valence-corrected chi connectivity index (χ0v) is 21.5. The number of hydrogen-bond acceptors (Lipinski definition) is 8. The molecule has 0 fully saturated rings. The van der Waals surface area contributed by atoms with Gasteiger partial charge in [0.25, 0.3) is 0 Å². The number of aromatic hydroxyl groups is 1. The van der Waals surface area contributed by atoms with Gasteiger partial charge in [0.2, 0.25) is 17.7 Å². The Hall–Kier alpha value is -3.97. The Morgan fingerprint density at radius 1 is 0.947 bits per heavy atom. The second-order valence-electron chi connectivity index (χ2n) is 9.58. The minimum absolute atomic E-state index is 0.00464. The molecule has 208 valence electrons. The number of nitrogens with one attached hydrogen (secondary N) is 4. The molecule has 0 aliphatic heterocycles. The molecule has 0 saturated carbocycles. The average molecular weight is 533 g/mol. The number of aromatic amines is 1. The number of carboxylic acids is 1. The summed E-state index contributed by atoms with van der Waals surface area (Å²) in [5.41, 5.74) is 7.22. The van der Waals surface area contributed by atoms with Gasteiger partial charge in [-0.25, -0.2) is 9.78 Å². The van der Waals surface area contributed by atoms with Crippen LogP contribution in [0.1, 0.15) is 38.4 Å². The largest absolute Gasteiger partial charge is 0.508 e. The Kier molecular flexibility index (Phi) is 11.2. The lowest BCUT2D eigenvalue weighted by atomic mass is 10.00. The van der Waals surface area contributed by atoms with Gasteiger partial charge in [-0.1, -0.05) is 26.0 Å². The monoisotopic (exact) mass is 532 g/mol. The predicted octanol–water partition coefficient (Wildman–Crippen LogP) is -0.806. The highest BCUT2D eigenvalue weighted by molar-refractivity contribution is 5.94. The molecule has 38 heavy (non-hydrogen) atoms. The van der Waals surface area contributed by atoms with Crippen LogP contribution in [0.2, 0.25) is 0 Å². The molecule has 1 aromatic heterocycles. The molecule has 2 aromatic rings. The van der Waals surface area contributed by atoms with Crippen molar-refractivity contribution in [3.63, 3.8) is 0 Å². The number of phenols is 1. The molecule has 1 aromatic carbocycles. The maximum atomic E-state index is 13.3. The number of aromatic nitrogens is 2. The molecule has 0 aliphatic carbocycles. The van der Waals surface area contributed by atoms with E-state index in [1.165, 1.54) is 31.6 Å². The van der Waals surface area contributed by atoms with Crippen molar-refractivity contribution in [1.82, 2.24) is 25.9 Å². The number of amides is 3. The van der Waals surface area contributed by atoms with Crippen LogP contribution in [0.15, 0.2) is 36.8 Å². The van der Waals surface area contributed by atoms with Crippen LogP contribution >= 0.6 is 0 Å². The van der Waals surface area contributed by atoms with Gasteiger partial charge in [-0.3, -0.25) is 14.4 Å². The standard InChI is InChI=1S/C25H36N6O7/c1-13(2)8-19(29-22(34)18(26)10-16-11-27-12-28-16)23(35)30-20(9-15-4-6-17(33)7-5-15)24(36)31-21(14(3)32)25(37)38/h4-7,11-14,18-21,32-33H,8-10,26H2,1-3H3,(H,27,28)(H,29,34)(H,30,35)(H,31,36)(H,37,38). The van der Waals surface area contributed by atoms with Gasteiger partial charge in [-0.15, -0.1) is 0 Å². The first-order valence-corrected chi connectivity index (χ1v) is 12.2. The Labute approximate surface area is 220 Å². The van der Waals surface area contributed by atoms with Crippen LogP contribution in [0.5, 0.6) is 5.75 Å². The number of aliphatic hydroxyl groups excluding tert-OH is 1. The Morgan fingerprint density at radius 2 is 1.55 bits per heavy atom. The summed E-state index contributed by atoms with van der Waals surface area (Å²) >= 11 is 0. The third-order valence-electron chi connectivity index (χ3n) is 5.73. The third-order valence-corrected chi connectivity index (χ3v) is 5.73. The third kappa shape index (κ3) is 9.48. The molecule has 5 unspecified atom stereocenters. The minimum atomic E-state index is -1.60. The SMILES string of the molecule is CC(C)CC(NC(=O)C(N)Cc1cnc[nH]1)C(=O)NC(Cc1ccc(O)cc1)C(=O)NC(C(=O)O)C(C)O. The summed E-state index contributed by atoms with van der Waals surface area (Å²) in [5.74, 6) is -3.52. The summed E-state index contributed by atoms with van der Waals surface area (Å²) in [5, 5.41) is 36.2. The Morgan fingerprint density at radius 3 is 2.08 bits per heavy atom. The maximum Gasteiger partial charge on any atom is 0.328 e. The van der Waals surface area contributed by atoms with Crippen molar-refractivity contribution in [1.29, 1.82) is 0 Å². The number of nitrogens with two attached hydrogens (primary N) is 1. The number of carbonyl (C=O) groups is 4. The second-order valence-corrected chi connectivity index (χ2v) is 9.58. The van der Waals surface area contributed by atoms with Crippen molar-refractivity contribution in [3.05, 3.63) is 48.0 Å². The molecular weight excluding hydrogens is 496 g/mol. The summed E-state index contributed by atoms with van der Waals surface area (Å²) in [6, 6.07) is 1.07. The van der Waals surface area contributed by atoms with E-state index in [1.54, 1.807) is 12.1 Å². The summed E-state index contributed by atoms with van der Waals surface area (Å²) < 4.78 is 0. The van der Waals surface area contributed by atoms with Crippen LogP contribution in [0.4, 0.5) is 0 Å². The molecular formula is C25H36N6O7. The van der Waals surface area contributed by atoms with Crippen LogP contribution < -0.4 is 21.7 Å². The summed E-state index contributed by atoms with van der Waals surface area (Å²) in [6.45, 7) is 4.93. The van der Waals surface area contributed by atoms with Crippen molar-refractivity contribution in [2.24, 2.45) is 11.7 Å². The summed E-state index contributed by atoms with van der Waals surface area (Å²) in [4.78, 5) is 57.3. The van der Waals surface area contributed by atoms with Crippen molar-refractivity contribution in [2.45, 2.75) is 70.3 Å². The number of rotatable bonds is 14. The van der Waals surface area contributed by atoms with Gasteiger partial charge in [0.1, 0.15) is 17.8 Å². The van der Waals surface area contributed by atoms with E-state index in [0.29, 0.717) is 11.3 Å². The van der Waals surface area contributed by atoms with E-state index in [4.69, 9.17) is 5.73 Å². The molecule has 0 radical (unpaired) electrons. The zero-order valence-electron chi connectivity index (χ0n) is 21.5. The number of H-pyrrole nitrogens is 1. The lowest BCUT2D eigenvalue weighted by Crippen LogP contribution is -2.59. The Bertz CT molecular complexity index is 1070. The van der Waals surface area contributed by atoms with E-state index >= 15 is 0 Å². The summed E-state index contributed by atoms with van der Waals surface area (Å²) in [7, 11) is 0. The molecule has 0 bridgehead atoms. The molecule has 3 amide bonds. The number of benzene rings is 1. The van der Waals surface area contributed by atoms with Crippen LogP contribution in [0, 0.1) is 5.92 Å². The number of imidazole rings is 1. The highest BCUT2D eigenvalue weighted by Crippen LogP contribution is 2.13. The number of aliphatic carboxylic acids is 1. The van der Waals surface area contributed by atoms with Gasteiger partial charge in [-0.05, 0) is 37.0 Å². The fourth-order valence-corrected chi connectivity index (χ4v) is 3.70. The molecule has 13 nitrogen and oxygen atoms in total. The maximum absolute atomic E-state index is 13.3. The second kappa shape index (κ2) is 14.1. The van der Waals surface area contributed by atoms with Crippen molar-refractivity contribution >= 4 is 23.7 Å². The molecule has 0 aliphatic rings. The number of carboxylic acid groups (broad SMARTS) is 1. The number of carbonyl (C=O) groups excluding carboxylic acids is 3. The van der Waals surface area contributed by atoms with E-state index in [-0.39, 0.29) is 30.9 Å². The van der Waals surface area contributed by atoms with Gasteiger partial charge in [0.15, 0.2) is 6.04 Å². The van der Waals surface area contributed by atoms with E-state index in [2.05, 4.69) is 25.9 Å². The smallest absolute Gasteiger partial charge is 0.328 e. The van der Waals surface area contributed by atoms with Gasteiger partial charge < -0.3 is 42.0 Å². The minimum Gasteiger partial charge on any atom is -0.508 e. The van der Waals surface area contributed by atoms with Gasteiger partial charge in [-0.2, -0.15) is 0 Å². The van der Waals surface area contributed by atoms with Crippen LogP contribution in [-0.2, 0) is 32.0 Å². The highest BCUT2D eigenvalue weighted by Gasteiger charge is 2.32. The first kappa shape index (κ1) is 30.3. The van der Waals surface area contributed by atoms with Gasteiger partial charge >= 0.3 is 5.97 Å². The van der Waals surface area contributed by atoms with Gasteiger partial charge in [0, 0.05) is 24.7 Å². The Balaban J connectivity index is 2.22. The topological polar surface area (TPSA) is 220 Å². The fraction of sp³-hybridized carbons (Fsp3) is 0.480. The van der Waals surface area contributed by atoms with Crippen molar-refractivity contribution in [3.8, 4) is 5.75 Å². The van der Waals surface area contributed by atoms with Crippen LogP contribution in [-0.4, -0.2) is 79.2 Å². The predicted molar refractivity (Wildman–Crippen MR) is 137 cm³/mol. The number of aliphatic hydroxyl groups is 1. The number of hydrogen-bond donors (Lipinski definition) is 8. The van der Waals surface area contributed by atoms with E-state index in [0.717, 1.165) is 0 Å². The molecule has 9 N–H and O–H groups in total. The van der Waals surface area contributed by atoms with Crippen LogP contribution in [0.3, 0.4) is 0 Å². The van der Waals surface area contributed by atoms with Crippen molar-refractivity contribution < 1.29 is 34.5 Å². The molecule has 1 heterocycles. The summed E-state index contributed by atoms with van der Waals surface area (Å²) in [6.07, 6.45) is 1.96. The van der Waals surface area contributed by atoms with E-state index < -0.39 is 54.0 Å². The van der Waals surface area contributed by atoms with Gasteiger partial charge in [0.05, 0.1) is 18.5 Å². The molecule has 13 heteroatoms. The first-order chi connectivity index (χ1) is 17.9. The fourth-order valence-electron chi connectivity index (χ4n) is 3.70. The lowest BCUT2D eigenvalue weighted by molar-refractivity contribution is -0.145.